The Morgan fingerprint density at radius 3 is 3.05 bits per heavy atom. The largest absolute Gasteiger partial charge is 0.383 e. The molecule has 2 N–H and O–H groups in total. The number of hydrogen-bond acceptors (Lipinski definition) is 2. The van der Waals surface area contributed by atoms with E-state index in [4.69, 9.17) is 4.74 Å². The van der Waals surface area contributed by atoms with E-state index in [9.17, 15) is 4.79 Å². The molecule has 2 aromatic rings. The van der Waals surface area contributed by atoms with Crippen LogP contribution in [-0.4, -0.2) is 30.9 Å². The van der Waals surface area contributed by atoms with Crippen molar-refractivity contribution < 1.29 is 9.53 Å². The first-order chi connectivity index (χ1) is 9.74. The van der Waals surface area contributed by atoms with Crippen LogP contribution in [0.3, 0.4) is 0 Å². The Labute approximate surface area is 118 Å². The summed E-state index contributed by atoms with van der Waals surface area (Å²) in [5.41, 5.74) is 1.89. The number of rotatable bonds is 6. The third-order valence-corrected chi connectivity index (χ3v) is 2.97. The molecule has 5 nitrogen and oxygen atoms in total. The average molecular weight is 273 g/mol. The van der Waals surface area contributed by atoms with Crippen molar-refractivity contribution in [2.75, 3.05) is 25.6 Å². The number of carbonyl (C=O) groups excluding carboxylic acids is 1. The zero-order chi connectivity index (χ0) is 14.4. The molecule has 1 aromatic heterocycles. The number of benzene rings is 1. The van der Waals surface area contributed by atoms with E-state index in [1.807, 2.05) is 30.5 Å². The molecule has 2 amide bonds. The molecule has 0 spiro atoms. The van der Waals surface area contributed by atoms with E-state index in [0.717, 1.165) is 23.1 Å². The second-order valence-electron chi connectivity index (χ2n) is 4.40. The van der Waals surface area contributed by atoms with Gasteiger partial charge in [-0.1, -0.05) is 6.08 Å². The first-order valence-corrected chi connectivity index (χ1v) is 6.48. The maximum atomic E-state index is 11.6. The summed E-state index contributed by atoms with van der Waals surface area (Å²) >= 11 is 0. The summed E-state index contributed by atoms with van der Waals surface area (Å²) in [6.45, 7) is 5.48. The highest BCUT2D eigenvalue weighted by Gasteiger charge is 2.04. The molecule has 1 heterocycles. The lowest BCUT2D eigenvalue weighted by atomic mass is 10.2. The number of carbonyl (C=O) groups is 1. The molecule has 0 aliphatic carbocycles. The molecule has 0 bridgehead atoms. The van der Waals surface area contributed by atoms with Gasteiger partial charge in [0.05, 0.1) is 6.61 Å². The van der Waals surface area contributed by atoms with Crippen LogP contribution in [-0.2, 0) is 11.3 Å². The number of urea groups is 1. The second kappa shape index (κ2) is 6.77. The quantitative estimate of drug-likeness (QED) is 0.795. The predicted octanol–water partition coefficient (Wildman–Crippen LogP) is 2.60. The van der Waals surface area contributed by atoms with Crippen LogP contribution in [0, 0.1) is 0 Å². The SMILES string of the molecule is C=CCNC(=O)Nc1ccc2c(ccn2CCOC)c1. The van der Waals surface area contributed by atoms with Gasteiger partial charge in [0.15, 0.2) is 0 Å². The van der Waals surface area contributed by atoms with Gasteiger partial charge in [0.1, 0.15) is 0 Å². The normalized spacial score (nSPS) is 10.4. The first kappa shape index (κ1) is 14.1. The summed E-state index contributed by atoms with van der Waals surface area (Å²) in [5.74, 6) is 0. The van der Waals surface area contributed by atoms with Crippen molar-refractivity contribution >= 4 is 22.6 Å². The maximum absolute atomic E-state index is 11.6. The number of nitrogens with one attached hydrogen (secondary N) is 2. The summed E-state index contributed by atoms with van der Waals surface area (Å²) < 4.78 is 7.21. The predicted molar refractivity (Wildman–Crippen MR) is 81.0 cm³/mol. The molecule has 5 heteroatoms. The van der Waals surface area contributed by atoms with Crippen LogP contribution in [0.25, 0.3) is 10.9 Å². The van der Waals surface area contributed by atoms with Crippen LogP contribution < -0.4 is 10.6 Å². The molecule has 0 fully saturated rings. The molecule has 0 aliphatic heterocycles. The van der Waals surface area contributed by atoms with E-state index in [-0.39, 0.29) is 6.03 Å². The highest BCUT2D eigenvalue weighted by Crippen LogP contribution is 2.20. The zero-order valence-electron chi connectivity index (χ0n) is 11.6. The Balaban J connectivity index is 2.10. The average Bonchev–Trinajstić information content (AvgIpc) is 2.85. The molecule has 0 saturated heterocycles. The van der Waals surface area contributed by atoms with Gasteiger partial charge in [-0.2, -0.15) is 0 Å². The molecule has 0 unspecified atom stereocenters. The lowest BCUT2D eigenvalue weighted by molar-refractivity contribution is 0.188. The third kappa shape index (κ3) is 3.39. The Kier molecular flexibility index (Phi) is 4.79. The molecule has 20 heavy (non-hydrogen) atoms. The van der Waals surface area contributed by atoms with Gasteiger partial charge in [-0.05, 0) is 24.3 Å². The smallest absolute Gasteiger partial charge is 0.319 e. The van der Waals surface area contributed by atoms with Gasteiger partial charge in [-0.15, -0.1) is 6.58 Å². The molecule has 1 aromatic carbocycles. The van der Waals surface area contributed by atoms with Crippen molar-refractivity contribution in [1.29, 1.82) is 0 Å². The van der Waals surface area contributed by atoms with Crippen LogP contribution in [0.2, 0.25) is 0 Å². The molecule has 2 rings (SSSR count). The number of aromatic nitrogens is 1. The van der Waals surface area contributed by atoms with Crippen molar-refractivity contribution in [3.63, 3.8) is 0 Å². The van der Waals surface area contributed by atoms with Crippen molar-refractivity contribution in [1.82, 2.24) is 9.88 Å². The van der Waals surface area contributed by atoms with Crippen molar-refractivity contribution in [2.24, 2.45) is 0 Å². The first-order valence-electron chi connectivity index (χ1n) is 6.48. The monoisotopic (exact) mass is 273 g/mol. The van der Waals surface area contributed by atoms with Gasteiger partial charge in [-0.25, -0.2) is 4.79 Å². The molecule has 0 aliphatic rings. The molecular formula is C15H19N3O2. The Hall–Kier alpha value is -2.27. The van der Waals surface area contributed by atoms with Crippen LogP contribution >= 0.6 is 0 Å². The van der Waals surface area contributed by atoms with Gasteiger partial charge >= 0.3 is 6.03 Å². The lowest BCUT2D eigenvalue weighted by Crippen LogP contribution is -2.28. The lowest BCUT2D eigenvalue weighted by Gasteiger charge is -2.07. The van der Waals surface area contributed by atoms with E-state index < -0.39 is 0 Å². The van der Waals surface area contributed by atoms with E-state index in [1.54, 1.807) is 13.2 Å². The number of ether oxygens (including phenoxy) is 1. The zero-order valence-corrected chi connectivity index (χ0v) is 11.6. The van der Waals surface area contributed by atoms with Gasteiger partial charge in [-0.3, -0.25) is 0 Å². The summed E-state index contributed by atoms with van der Waals surface area (Å²) in [6.07, 6.45) is 3.66. The summed E-state index contributed by atoms with van der Waals surface area (Å²) in [4.78, 5) is 11.6. The number of nitrogens with zero attached hydrogens (tertiary/aromatic N) is 1. The van der Waals surface area contributed by atoms with Gasteiger partial charge in [0, 0.05) is 43.0 Å². The number of hydrogen-bond donors (Lipinski definition) is 2. The Morgan fingerprint density at radius 2 is 2.30 bits per heavy atom. The summed E-state index contributed by atoms with van der Waals surface area (Å²) in [6, 6.07) is 7.63. The minimum atomic E-state index is -0.233. The number of methoxy groups -OCH3 is 1. The number of fused-ring (bicyclic) bond motifs is 1. The van der Waals surface area contributed by atoms with Crippen LogP contribution in [0.15, 0.2) is 43.1 Å². The fraction of sp³-hybridized carbons (Fsp3) is 0.267. The fourth-order valence-corrected chi connectivity index (χ4v) is 2.00. The fourth-order valence-electron chi connectivity index (χ4n) is 2.00. The number of amides is 2. The maximum Gasteiger partial charge on any atom is 0.319 e. The van der Waals surface area contributed by atoms with E-state index in [0.29, 0.717) is 13.2 Å². The highest BCUT2D eigenvalue weighted by atomic mass is 16.5. The van der Waals surface area contributed by atoms with E-state index >= 15 is 0 Å². The van der Waals surface area contributed by atoms with E-state index in [2.05, 4.69) is 21.8 Å². The third-order valence-electron chi connectivity index (χ3n) is 2.97. The van der Waals surface area contributed by atoms with Gasteiger partial charge < -0.3 is 19.9 Å². The Bertz CT molecular complexity index is 604. The molecular weight excluding hydrogens is 254 g/mol. The van der Waals surface area contributed by atoms with Gasteiger partial charge in [0.25, 0.3) is 0 Å². The topological polar surface area (TPSA) is 55.3 Å². The van der Waals surface area contributed by atoms with Crippen molar-refractivity contribution in [2.45, 2.75) is 6.54 Å². The minimum Gasteiger partial charge on any atom is -0.383 e. The summed E-state index contributed by atoms with van der Waals surface area (Å²) in [5, 5.41) is 6.55. The summed E-state index contributed by atoms with van der Waals surface area (Å²) in [7, 11) is 1.69. The number of anilines is 1. The van der Waals surface area contributed by atoms with E-state index in [1.165, 1.54) is 0 Å². The molecule has 106 valence electrons. The molecule has 0 radical (unpaired) electrons. The van der Waals surface area contributed by atoms with Crippen LogP contribution in [0.5, 0.6) is 0 Å². The van der Waals surface area contributed by atoms with Crippen LogP contribution in [0.1, 0.15) is 0 Å². The second-order valence-corrected chi connectivity index (χ2v) is 4.40. The standard InChI is InChI=1S/C15H19N3O2/c1-3-7-16-15(19)17-13-4-5-14-12(11-13)6-8-18(14)9-10-20-2/h3-6,8,11H,1,7,9-10H2,2H3,(H2,16,17,19). The Morgan fingerprint density at radius 1 is 1.45 bits per heavy atom. The van der Waals surface area contributed by atoms with Crippen LogP contribution in [0.4, 0.5) is 10.5 Å². The van der Waals surface area contributed by atoms with Crippen molar-refractivity contribution in [3.05, 3.63) is 43.1 Å². The molecule has 0 atom stereocenters. The highest BCUT2D eigenvalue weighted by molar-refractivity contribution is 5.93. The van der Waals surface area contributed by atoms with Gasteiger partial charge in [0.2, 0.25) is 0 Å². The van der Waals surface area contributed by atoms with Crippen molar-refractivity contribution in [3.8, 4) is 0 Å². The minimum absolute atomic E-state index is 0.233. The molecule has 0 saturated carbocycles.